The molecule has 2 aromatic carbocycles. The number of nitrogens with zero attached hydrogens (tertiary/aromatic N) is 6. The molecule has 274 valence electrons. The molecular weight excluding hydrogens is 705 g/mol. The van der Waals surface area contributed by atoms with Gasteiger partial charge in [0.15, 0.2) is 28.7 Å². The highest BCUT2D eigenvalue weighted by atomic mass is 32.2. The third-order valence-corrected chi connectivity index (χ3v) is 9.10. The first kappa shape index (κ1) is 36.2. The highest BCUT2D eigenvalue weighted by Crippen LogP contribution is 2.42. The van der Waals surface area contributed by atoms with E-state index in [1.165, 1.54) is 25.4 Å². The molecular formula is C35H36N10O7S. The van der Waals surface area contributed by atoms with Gasteiger partial charge in [0.1, 0.15) is 19.0 Å². The molecule has 5 aromatic rings. The molecule has 0 bridgehead atoms. The maximum absolute atomic E-state index is 14.0. The summed E-state index contributed by atoms with van der Waals surface area (Å²) in [6.07, 6.45) is 7.49. The molecule has 1 atom stereocenters. The number of hydrogen-bond donors (Lipinski definition) is 4. The molecule has 0 fully saturated rings. The first-order valence-electron chi connectivity index (χ1n) is 16.2. The number of dihydropyridines is 1. The van der Waals surface area contributed by atoms with Crippen LogP contribution in [0.2, 0.25) is 0 Å². The number of pyridine rings is 1. The number of allylic oxidation sites excluding steroid dienone is 2. The molecule has 0 spiro atoms. The Morgan fingerprint density at radius 1 is 0.925 bits per heavy atom. The number of aromatic amines is 1. The number of anilines is 2. The minimum absolute atomic E-state index is 0.0322. The number of benzene rings is 2. The molecule has 1 aliphatic heterocycles. The quantitative estimate of drug-likeness (QED) is 0.119. The zero-order chi connectivity index (χ0) is 37.5. The predicted molar refractivity (Wildman–Crippen MR) is 192 cm³/mol. The van der Waals surface area contributed by atoms with E-state index in [1.54, 1.807) is 79.0 Å². The van der Waals surface area contributed by atoms with Gasteiger partial charge in [-0.15, -0.1) is 10.2 Å². The molecule has 1 aliphatic rings. The minimum Gasteiger partial charge on any atom is -0.493 e. The summed E-state index contributed by atoms with van der Waals surface area (Å²) in [7, 11) is -2.84. The molecule has 17 nitrogen and oxygen atoms in total. The summed E-state index contributed by atoms with van der Waals surface area (Å²) < 4.78 is 53.8. The van der Waals surface area contributed by atoms with E-state index in [0.717, 1.165) is 5.56 Å². The van der Waals surface area contributed by atoms with Gasteiger partial charge in [0.05, 0.1) is 12.0 Å². The van der Waals surface area contributed by atoms with E-state index in [-0.39, 0.29) is 58.4 Å². The summed E-state index contributed by atoms with van der Waals surface area (Å²) in [5, 5.41) is 20.1. The van der Waals surface area contributed by atoms with E-state index >= 15 is 0 Å². The van der Waals surface area contributed by atoms with E-state index in [9.17, 15) is 13.2 Å². The molecule has 0 aliphatic carbocycles. The summed E-state index contributed by atoms with van der Waals surface area (Å²) in [6.45, 7) is 5.60. The highest BCUT2D eigenvalue weighted by Gasteiger charge is 2.41. The van der Waals surface area contributed by atoms with E-state index in [0.29, 0.717) is 11.6 Å². The number of amides is 1. The van der Waals surface area contributed by atoms with Crippen molar-refractivity contribution in [3.63, 3.8) is 0 Å². The van der Waals surface area contributed by atoms with Crippen molar-refractivity contribution in [1.82, 2.24) is 40.9 Å². The number of para-hydroxylation sites is 2. The van der Waals surface area contributed by atoms with Crippen molar-refractivity contribution in [3.05, 3.63) is 115 Å². The van der Waals surface area contributed by atoms with Crippen molar-refractivity contribution >= 4 is 27.8 Å². The van der Waals surface area contributed by atoms with Crippen LogP contribution in [0.3, 0.4) is 0 Å². The Kier molecular flexibility index (Phi) is 10.5. The summed E-state index contributed by atoms with van der Waals surface area (Å²) in [5.74, 6) is 0.160. The fourth-order valence-electron chi connectivity index (χ4n) is 5.04. The molecule has 4 N–H and O–H groups in total. The Labute approximate surface area is 304 Å². The summed E-state index contributed by atoms with van der Waals surface area (Å²) in [4.78, 5) is 25.8. The predicted octanol–water partition coefficient (Wildman–Crippen LogP) is 4.83. The lowest BCUT2D eigenvalue weighted by molar-refractivity contribution is 0.135. The third-order valence-electron chi connectivity index (χ3n) is 7.74. The van der Waals surface area contributed by atoms with E-state index < -0.39 is 21.7 Å². The first-order chi connectivity index (χ1) is 25.5. The topological polar surface area (TPSA) is 217 Å². The normalized spacial score (nSPS) is 15.2. The van der Waals surface area contributed by atoms with Crippen LogP contribution in [-0.4, -0.2) is 70.4 Å². The number of rotatable bonds is 13. The van der Waals surface area contributed by atoms with Crippen molar-refractivity contribution in [3.8, 4) is 23.1 Å². The van der Waals surface area contributed by atoms with Crippen LogP contribution in [0.25, 0.3) is 0 Å². The van der Waals surface area contributed by atoms with Gasteiger partial charge in [-0.25, -0.2) is 23.2 Å². The van der Waals surface area contributed by atoms with Gasteiger partial charge in [-0.2, -0.15) is 10.2 Å². The van der Waals surface area contributed by atoms with Crippen LogP contribution in [0, 0.1) is 0 Å². The summed E-state index contributed by atoms with van der Waals surface area (Å²) in [6, 6.07) is 18.3. The second-order valence-electron chi connectivity index (χ2n) is 12.4. The summed E-state index contributed by atoms with van der Waals surface area (Å²) >= 11 is 0. The lowest BCUT2D eigenvalue weighted by Gasteiger charge is -2.29. The zero-order valence-corrected chi connectivity index (χ0v) is 29.9. The number of ether oxygens (including phenoxy) is 4. The average Bonchev–Trinajstić information content (AvgIpc) is 3.71. The van der Waals surface area contributed by atoms with Crippen molar-refractivity contribution < 1.29 is 32.2 Å². The number of H-pyrrole nitrogens is 1. The maximum atomic E-state index is 14.0. The Morgan fingerprint density at radius 3 is 2.36 bits per heavy atom. The zero-order valence-electron chi connectivity index (χ0n) is 29.1. The number of tetrazole rings is 1. The number of hydrogen-bond acceptors (Lipinski definition) is 14. The van der Waals surface area contributed by atoms with Crippen LogP contribution in [0.15, 0.2) is 102 Å². The Hall–Kier alpha value is -6.56. The molecule has 0 saturated heterocycles. The standard InChI is InChI=1S/C35H36N10O7S/c1-34(2,3)23-14-16-24(17-15-23)53(47,48)43-29-28(52-26-12-6-5-11-25(26)49-4)30(50-21-22-51-33(46)38-27-13-7-9-19-36-27)40-31(39-29)35(18-8-10-20-37-35)32-41-44-45-42-32/h5-20,37H,21-22H2,1-4H3,(H,36,38,46)(H,39,40,43)(H,41,42,44,45). The van der Waals surface area contributed by atoms with Crippen molar-refractivity contribution in [2.75, 3.05) is 30.4 Å². The van der Waals surface area contributed by atoms with Gasteiger partial charge in [0.2, 0.25) is 11.6 Å². The monoisotopic (exact) mass is 740 g/mol. The van der Waals surface area contributed by atoms with Crippen LogP contribution in [0.4, 0.5) is 16.4 Å². The second kappa shape index (κ2) is 15.4. The lowest BCUT2D eigenvalue weighted by Crippen LogP contribution is -2.43. The van der Waals surface area contributed by atoms with Crippen LogP contribution in [0.1, 0.15) is 38.0 Å². The molecule has 0 radical (unpaired) electrons. The van der Waals surface area contributed by atoms with Gasteiger partial charge >= 0.3 is 6.09 Å². The molecule has 6 rings (SSSR count). The van der Waals surface area contributed by atoms with E-state index in [4.69, 9.17) is 23.9 Å². The van der Waals surface area contributed by atoms with E-state index in [2.05, 4.69) is 45.9 Å². The third kappa shape index (κ3) is 8.33. The van der Waals surface area contributed by atoms with Gasteiger partial charge in [-0.3, -0.25) is 10.0 Å². The number of carbonyl (C=O) groups excluding carboxylic acids is 1. The van der Waals surface area contributed by atoms with Crippen LogP contribution >= 0.6 is 0 Å². The van der Waals surface area contributed by atoms with E-state index in [1.807, 2.05) is 20.8 Å². The SMILES string of the molecule is COc1ccccc1Oc1c(NS(=O)(=O)c2ccc(C(C)(C)C)cc2)nc(C2(c3nn[nH]n3)C=CC=CN2)nc1OCCOC(=O)Nc1ccccn1. The first-order valence-corrected chi connectivity index (χ1v) is 17.7. The molecule has 1 amide bonds. The van der Waals surface area contributed by atoms with Crippen LogP contribution < -0.4 is 29.6 Å². The molecule has 4 heterocycles. The number of nitrogens with one attached hydrogen (secondary N) is 4. The van der Waals surface area contributed by atoms with Gasteiger partial charge in [-0.05, 0) is 65.7 Å². The molecule has 0 saturated carbocycles. The summed E-state index contributed by atoms with van der Waals surface area (Å²) in [5.41, 5.74) is -0.713. The fourth-order valence-corrected chi connectivity index (χ4v) is 6.04. The second-order valence-corrected chi connectivity index (χ2v) is 14.1. The molecule has 3 aromatic heterocycles. The highest BCUT2D eigenvalue weighted by molar-refractivity contribution is 7.92. The van der Waals surface area contributed by atoms with Gasteiger partial charge in [0, 0.05) is 6.20 Å². The number of sulfonamides is 1. The van der Waals surface area contributed by atoms with Crippen molar-refractivity contribution in [2.24, 2.45) is 0 Å². The number of methoxy groups -OCH3 is 1. The molecule has 53 heavy (non-hydrogen) atoms. The Balaban J connectivity index is 1.43. The maximum Gasteiger partial charge on any atom is 0.412 e. The molecule has 1 unspecified atom stereocenters. The fraction of sp³-hybridized carbons (Fsp3) is 0.229. The van der Waals surface area contributed by atoms with Crippen molar-refractivity contribution in [2.45, 2.75) is 36.6 Å². The largest absolute Gasteiger partial charge is 0.493 e. The van der Waals surface area contributed by atoms with Crippen LogP contribution in [0.5, 0.6) is 23.1 Å². The van der Waals surface area contributed by atoms with Crippen molar-refractivity contribution in [1.29, 1.82) is 0 Å². The van der Waals surface area contributed by atoms with Gasteiger partial charge in [-0.1, -0.05) is 62.4 Å². The average molecular weight is 741 g/mol. The van der Waals surface area contributed by atoms with Gasteiger partial charge in [0.25, 0.3) is 15.9 Å². The lowest BCUT2D eigenvalue weighted by atomic mass is 9.87. The smallest absolute Gasteiger partial charge is 0.412 e. The van der Waals surface area contributed by atoms with Gasteiger partial charge < -0.3 is 24.3 Å². The number of aromatic nitrogens is 7. The Bertz CT molecular complexity index is 2210. The number of carbonyl (C=O) groups is 1. The minimum atomic E-state index is -4.30. The van der Waals surface area contributed by atoms with Crippen LogP contribution in [-0.2, 0) is 25.7 Å². The molecule has 18 heteroatoms. The Morgan fingerprint density at radius 2 is 1.70 bits per heavy atom.